The van der Waals surface area contributed by atoms with Crippen molar-refractivity contribution in [3.8, 4) is 17.2 Å². The van der Waals surface area contributed by atoms with E-state index < -0.39 is 8.07 Å². The minimum absolute atomic E-state index is 1.06. The lowest BCUT2D eigenvalue weighted by Crippen LogP contribution is -2.66. The second kappa shape index (κ2) is 11.5. The van der Waals surface area contributed by atoms with Gasteiger partial charge in [0.1, 0.15) is 0 Å². The molecule has 0 bridgehead atoms. The summed E-state index contributed by atoms with van der Waals surface area (Å²) in [7, 11) is -2.79. The number of pyridine rings is 1. The van der Waals surface area contributed by atoms with Crippen LogP contribution in [-0.4, -0.2) is 17.6 Å². The van der Waals surface area contributed by atoms with E-state index in [1.165, 1.54) is 42.9 Å². The SMILES string of the molecule is C(#C[Si](c1ccccc1)(c1ccccc1)c1ccccc1)c1c2ccccc2c(-n2c3ccccc3c3cnccc32)c2ccccc12. The van der Waals surface area contributed by atoms with E-state index in [0.29, 0.717) is 0 Å². The minimum Gasteiger partial charge on any atom is -0.308 e. The summed E-state index contributed by atoms with van der Waals surface area (Å²) in [6, 6.07) is 61.0. The van der Waals surface area contributed by atoms with E-state index in [9.17, 15) is 0 Å². The molecule has 0 fully saturated rings. The fourth-order valence-electron chi connectivity index (χ4n) is 7.47. The molecule has 3 heteroatoms. The van der Waals surface area contributed by atoms with Gasteiger partial charge in [-0.25, -0.2) is 0 Å². The second-order valence-electron chi connectivity index (χ2n) is 12.2. The molecule has 0 aliphatic heterocycles. The van der Waals surface area contributed by atoms with Crippen LogP contribution in [0.5, 0.6) is 0 Å². The van der Waals surface area contributed by atoms with Gasteiger partial charge in [-0.05, 0) is 27.7 Å². The lowest BCUT2D eigenvalue weighted by Gasteiger charge is -2.28. The summed E-state index contributed by atoms with van der Waals surface area (Å²) in [5.41, 5.74) is 8.61. The third-order valence-electron chi connectivity index (χ3n) is 9.60. The number of nitrogens with zero attached hydrogens (tertiary/aromatic N) is 2. The first kappa shape index (κ1) is 28.0. The van der Waals surface area contributed by atoms with Crippen molar-refractivity contribution >= 4 is 67.0 Å². The summed E-state index contributed by atoms with van der Waals surface area (Å²) in [6.45, 7) is 0. The van der Waals surface area contributed by atoms with Crippen molar-refractivity contribution in [3.63, 3.8) is 0 Å². The number of hydrogen-bond donors (Lipinski definition) is 0. The summed E-state index contributed by atoms with van der Waals surface area (Å²) in [4.78, 5) is 4.50. The first-order chi connectivity index (χ1) is 23.8. The van der Waals surface area contributed by atoms with E-state index in [0.717, 1.165) is 27.2 Å². The smallest absolute Gasteiger partial charge is 0.230 e. The standard InChI is InChI=1S/C45H30N2Si/c1-4-16-33(17-5-1)48(34-18-6-2-7-19-34,35-20-8-3-9-21-35)31-29-38-36-22-10-12-25-40(36)45(41-26-13-11-23-37(38)41)47-43-27-15-14-24-39(43)42-32-46-30-28-44(42)47/h1-28,30,32H. The lowest BCUT2D eigenvalue weighted by molar-refractivity contribution is 1.21. The van der Waals surface area contributed by atoms with Gasteiger partial charge in [0, 0.05) is 50.3 Å². The molecule has 2 aromatic heterocycles. The van der Waals surface area contributed by atoms with Gasteiger partial charge in [0.15, 0.2) is 0 Å². The van der Waals surface area contributed by atoms with E-state index in [-0.39, 0.29) is 0 Å². The van der Waals surface area contributed by atoms with Crippen LogP contribution in [0, 0.1) is 11.5 Å². The number of aromatic nitrogens is 2. The molecule has 0 radical (unpaired) electrons. The monoisotopic (exact) mass is 626 g/mol. The van der Waals surface area contributed by atoms with Crippen LogP contribution in [0.2, 0.25) is 0 Å². The van der Waals surface area contributed by atoms with Crippen LogP contribution >= 0.6 is 0 Å². The molecule has 224 valence electrons. The van der Waals surface area contributed by atoms with Crippen LogP contribution in [-0.2, 0) is 0 Å². The molecule has 0 saturated carbocycles. The average Bonchev–Trinajstić information content (AvgIpc) is 3.50. The van der Waals surface area contributed by atoms with Crippen molar-refractivity contribution in [2.45, 2.75) is 0 Å². The topological polar surface area (TPSA) is 17.8 Å². The molecule has 0 unspecified atom stereocenters. The van der Waals surface area contributed by atoms with Crippen molar-refractivity contribution in [3.05, 3.63) is 188 Å². The molecule has 0 saturated heterocycles. The molecule has 9 aromatic rings. The largest absolute Gasteiger partial charge is 0.308 e. The normalized spacial score (nSPS) is 11.6. The Kier molecular flexibility index (Phi) is 6.74. The molecule has 9 rings (SSSR count). The zero-order chi connectivity index (χ0) is 31.9. The van der Waals surface area contributed by atoms with Crippen LogP contribution < -0.4 is 15.6 Å². The van der Waals surface area contributed by atoms with Crippen LogP contribution in [0.4, 0.5) is 0 Å². The maximum Gasteiger partial charge on any atom is 0.230 e. The number of rotatable bonds is 4. The Balaban J connectivity index is 1.41. The maximum atomic E-state index is 4.50. The van der Waals surface area contributed by atoms with Gasteiger partial charge in [-0.15, -0.1) is 5.54 Å². The highest BCUT2D eigenvalue weighted by molar-refractivity contribution is 7.16. The molecule has 0 aliphatic carbocycles. The zero-order valence-electron chi connectivity index (χ0n) is 26.2. The molecule has 0 aliphatic rings. The third kappa shape index (κ3) is 4.31. The zero-order valence-corrected chi connectivity index (χ0v) is 27.2. The average molecular weight is 627 g/mol. The van der Waals surface area contributed by atoms with E-state index in [1.807, 2.05) is 12.4 Å². The summed E-state index contributed by atoms with van der Waals surface area (Å²) in [5, 5.41) is 10.8. The Morgan fingerprint density at radius 1 is 0.417 bits per heavy atom. The molecule has 7 aromatic carbocycles. The predicted molar refractivity (Wildman–Crippen MR) is 204 cm³/mol. The Morgan fingerprint density at radius 3 is 1.40 bits per heavy atom. The van der Waals surface area contributed by atoms with Gasteiger partial charge in [-0.1, -0.05) is 164 Å². The van der Waals surface area contributed by atoms with Crippen LogP contribution in [0.25, 0.3) is 49.0 Å². The van der Waals surface area contributed by atoms with Gasteiger partial charge >= 0.3 is 0 Å². The Labute approximate surface area is 280 Å². The molecule has 2 heterocycles. The minimum atomic E-state index is -2.79. The lowest BCUT2D eigenvalue weighted by atomic mass is 9.95. The number of para-hydroxylation sites is 1. The molecular formula is C45H30N2Si. The maximum absolute atomic E-state index is 4.50. The Bertz CT molecular complexity index is 2460. The molecule has 0 spiro atoms. The molecular weight excluding hydrogens is 597 g/mol. The highest BCUT2D eigenvalue weighted by Gasteiger charge is 2.38. The number of benzene rings is 7. The van der Waals surface area contributed by atoms with Crippen molar-refractivity contribution in [2.24, 2.45) is 0 Å². The van der Waals surface area contributed by atoms with Gasteiger partial charge < -0.3 is 4.57 Å². The van der Waals surface area contributed by atoms with Gasteiger partial charge in [0.2, 0.25) is 8.07 Å². The Morgan fingerprint density at radius 2 is 0.854 bits per heavy atom. The fourth-order valence-corrected chi connectivity index (χ4v) is 11.3. The van der Waals surface area contributed by atoms with Crippen molar-refractivity contribution in [2.75, 3.05) is 0 Å². The van der Waals surface area contributed by atoms with Crippen molar-refractivity contribution < 1.29 is 0 Å². The Hall–Kier alpha value is -6.21. The van der Waals surface area contributed by atoms with Crippen LogP contribution in [0.1, 0.15) is 5.56 Å². The quantitative estimate of drug-likeness (QED) is 0.0829. The van der Waals surface area contributed by atoms with Crippen LogP contribution in [0.15, 0.2) is 182 Å². The van der Waals surface area contributed by atoms with E-state index >= 15 is 0 Å². The molecule has 0 atom stereocenters. The highest BCUT2D eigenvalue weighted by atomic mass is 28.3. The van der Waals surface area contributed by atoms with Gasteiger partial charge in [-0.2, -0.15) is 0 Å². The summed E-state index contributed by atoms with van der Waals surface area (Å²) in [6.07, 6.45) is 3.88. The van der Waals surface area contributed by atoms with E-state index in [2.05, 4.69) is 191 Å². The first-order valence-corrected chi connectivity index (χ1v) is 18.3. The summed E-state index contributed by atoms with van der Waals surface area (Å²) in [5.74, 6) is 3.91. The fraction of sp³-hybridized carbons (Fsp3) is 0. The van der Waals surface area contributed by atoms with E-state index in [1.54, 1.807) is 0 Å². The van der Waals surface area contributed by atoms with Crippen molar-refractivity contribution in [1.29, 1.82) is 0 Å². The molecule has 2 nitrogen and oxygen atoms in total. The summed E-state index contributed by atoms with van der Waals surface area (Å²) < 4.78 is 2.42. The summed E-state index contributed by atoms with van der Waals surface area (Å²) >= 11 is 0. The molecule has 48 heavy (non-hydrogen) atoms. The number of hydrogen-bond acceptors (Lipinski definition) is 1. The molecule has 0 N–H and O–H groups in total. The van der Waals surface area contributed by atoms with Gasteiger partial charge in [0.05, 0.1) is 16.7 Å². The second-order valence-corrected chi connectivity index (χ2v) is 15.6. The third-order valence-corrected chi connectivity index (χ3v) is 13.7. The first-order valence-electron chi connectivity index (χ1n) is 16.3. The van der Waals surface area contributed by atoms with Gasteiger partial charge in [0.25, 0.3) is 0 Å². The highest BCUT2D eigenvalue weighted by Crippen LogP contribution is 2.40. The van der Waals surface area contributed by atoms with E-state index in [4.69, 9.17) is 0 Å². The van der Waals surface area contributed by atoms with Gasteiger partial charge in [-0.3, -0.25) is 4.98 Å². The molecule has 0 amide bonds. The predicted octanol–water partition coefficient (Wildman–Crippen LogP) is 8.55. The number of fused-ring (bicyclic) bond motifs is 5. The van der Waals surface area contributed by atoms with Crippen molar-refractivity contribution in [1.82, 2.24) is 9.55 Å². The van der Waals surface area contributed by atoms with Crippen LogP contribution in [0.3, 0.4) is 0 Å².